The maximum atomic E-state index is 12.8. The number of nitrogens with zero attached hydrogens (tertiary/aromatic N) is 1. The lowest BCUT2D eigenvalue weighted by Crippen LogP contribution is -2.46. The zero-order chi connectivity index (χ0) is 19.5. The molecule has 27 heavy (non-hydrogen) atoms. The molecule has 0 radical (unpaired) electrons. The van der Waals surface area contributed by atoms with Gasteiger partial charge in [0.1, 0.15) is 0 Å². The number of carbonyl (C=O) groups excluding carboxylic acids is 1. The van der Waals surface area contributed by atoms with E-state index >= 15 is 0 Å². The average Bonchev–Trinajstić information content (AvgIpc) is 2.99. The van der Waals surface area contributed by atoms with E-state index in [0.717, 1.165) is 31.4 Å². The minimum Gasteiger partial charge on any atom is -0.353 e. The normalized spacial score (nSPS) is 32.6. The Morgan fingerprint density at radius 1 is 1.33 bits per heavy atom. The molecule has 1 amide bonds. The van der Waals surface area contributed by atoms with Gasteiger partial charge in [0.25, 0.3) is 10.1 Å². The summed E-state index contributed by atoms with van der Waals surface area (Å²) >= 11 is 1.96. The second-order valence-electron chi connectivity index (χ2n) is 7.72. The van der Waals surface area contributed by atoms with Gasteiger partial charge < -0.3 is 5.32 Å². The van der Waals surface area contributed by atoms with Crippen LogP contribution >= 0.6 is 11.8 Å². The first-order valence-electron chi connectivity index (χ1n) is 9.56. The van der Waals surface area contributed by atoms with Crippen molar-refractivity contribution in [1.29, 1.82) is 0 Å². The highest BCUT2D eigenvalue weighted by Gasteiger charge is 2.54. The lowest BCUT2D eigenvalue weighted by Gasteiger charge is -2.39. The van der Waals surface area contributed by atoms with Crippen LogP contribution in [0.3, 0.4) is 0 Å². The van der Waals surface area contributed by atoms with E-state index in [2.05, 4.69) is 28.5 Å². The molecule has 1 spiro atoms. The number of aliphatic imine (C=N–C) groups is 1. The summed E-state index contributed by atoms with van der Waals surface area (Å²) in [5.41, 5.74) is 1.18. The molecule has 0 bridgehead atoms. The van der Waals surface area contributed by atoms with E-state index < -0.39 is 10.1 Å². The van der Waals surface area contributed by atoms with Crippen LogP contribution in [0, 0.1) is 11.8 Å². The highest BCUT2D eigenvalue weighted by atomic mass is 32.2. The molecule has 2 heterocycles. The van der Waals surface area contributed by atoms with Crippen molar-refractivity contribution in [3.63, 3.8) is 0 Å². The van der Waals surface area contributed by atoms with Gasteiger partial charge >= 0.3 is 0 Å². The number of amides is 1. The monoisotopic (exact) mass is 412 g/mol. The van der Waals surface area contributed by atoms with E-state index in [-0.39, 0.29) is 10.7 Å². The summed E-state index contributed by atoms with van der Waals surface area (Å²) < 4.78 is 25.9. The molecule has 8 heteroatoms. The van der Waals surface area contributed by atoms with Crippen LogP contribution in [0.2, 0.25) is 0 Å². The number of thioether (sulfide) groups is 1. The van der Waals surface area contributed by atoms with Crippen molar-refractivity contribution < 1.29 is 17.8 Å². The van der Waals surface area contributed by atoms with E-state index in [0.29, 0.717) is 24.1 Å². The number of carbonyl (C=O) groups is 1. The van der Waals surface area contributed by atoms with Crippen LogP contribution in [0.1, 0.15) is 44.9 Å². The van der Waals surface area contributed by atoms with Crippen molar-refractivity contribution in [2.24, 2.45) is 16.8 Å². The molecule has 0 aromatic carbocycles. The highest BCUT2D eigenvalue weighted by molar-refractivity contribution is 8.01. The SMILES string of the molecule is CS(=O)(=O)O.O=C(NC1CCCCC1)C1CSC23CC=CC=C2N=CCC13. The maximum absolute atomic E-state index is 12.8. The lowest BCUT2D eigenvalue weighted by molar-refractivity contribution is -0.126. The quantitative estimate of drug-likeness (QED) is 0.680. The smallest absolute Gasteiger partial charge is 0.261 e. The summed E-state index contributed by atoms with van der Waals surface area (Å²) in [6.45, 7) is 0. The van der Waals surface area contributed by atoms with Crippen LogP contribution in [0.15, 0.2) is 28.9 Å². The summed E-state index contributed by atoms with van der Waals surface area (Å²) in [6.07, 6.45) is 17.4. The molecule has 4 aliphatic rings. The molecule has 2 aliphatic heterocycles. The predicted molar refractivity (Wildman–Crippen MR) is 110 cm³/mol. The van der Waals surface area contributed by atoms with Crippen LogP contribution in [-0.4, -0.2) is 47.9 Å². The van der Waals surface area contributed by atoms with Crippen LogP contribution in [-0.2, 0) is 14.9 Å². The number of hydrogen-bond acceptors (Lipinski definition) is 5. The van der Waals surface area contributed by atoms with E-state index in [4.69, 9.17) is 4.55 Å². The third-order valence-electron chi connectivity index (χ3n) is 5.73. The van der Waals surface area contributed by atoms with Gasteiger partial charge in [-0.05, 0) is 37.7 Å². The minimum absolute atomic E-state index is 0.0675. The van der Waals surface area contributed by atoms with Crippen molar-refractivity contribution in [2.75, 3.05) is 12.0 Å². The molecule has 150 valence electrons. The molecule has 2 N–H and O–H groups in total. The Labute approximate surface area is 165 Å². The third-order valence-corrected chi connectivity index (χ3v) is 7.45. The number of nitrogens with one attached hydrogen (secondary N) is 1. The van der Waals surface area contributed by atoms with Gasteiger partial charge in [-0.15, -0.1) is 11.8 Å². The van der Waals surface area contributed by atoms with E-state index in [1.165, 1.54) is 25.0 Å². The fourth-order valence-corrected chi connectivity index (χ4v) is 6.31. The summed E-state index contributed by atoms with van der Waals surface area (Å²) in [5, 5.41) is 3.35. The van der Waals surface area contributed by atoms with Crippen molar-refractivity contribution >= 4 is 34.0 Å². The van der Waals surface area contributed by atoms with E-state index in [9.17, 15) is 13.2 Å². The van der Waals surface area contributed by atoms with E-state index in [1.807, 2.05) is 18.0 Å². The Morgan fingerprint density at radius 2 is 2.04 bits per heavy atom. The van der Waals surface area contributed by atoms with Gasteiger partial charge in [-0.2, -0.15) is 8.42 Å². The van der Waals surface area contributed by atoms with Crippen LogP contribution in [0.4, 0.5) is 0 Å². The molecule has 0 aromatic rings. The zero-order valence-corrected chi connectivity index (χ0v) is 17.3. The first-order valence-corrected chi connectivity index (χ1v) is 12.4. The molecule has 3 unspecified atom stereocenters. The number of hydrogen-bond donors (Lipinski definition) is 2. The van der Waals surface area contributed by atoms with Gasteiger partial charge in [-0.25, -0.2) is 0 Å². The van der Waals surface area contributed by atoms with E-state index in [1.54, 1.807) is 0 Å². The molecule has 2 aliphatic carbocycles. The van der Waals surface area contributed by atoms with Gasteiger partial charge in [-0.3, -0.25) is 14.3 Å². The van der Waals surface area contributed by atoms with Crippen molar-refractivity contribution in [2.45, 2.75) is 55.7 Å². The number of allylic oxidation sites excluding steroid dienone is 3. The Balaban J connectivity index is 0.000000376. The van der Waals surface area contributed by atoms with Crippen LogP contribution in [0.25, 0.3) is 0 Å². The predicted octanol–water partition coefficient (Wildman–Crippen LogP) is 2.98. The first-order chi connectivity index (χ1) is 12.8. The molecule has 1 saturated heterocycles. The molecule has 1 saturated carbocycles. The fraction of sp³-hybridized carbons (Fsp3) is 0.684. The maximum Gasteiger partial charge on any atom is 0.261 e. The molecule has 6 nitrogen and oxygen atoms in total. The standard InChI is InChI=1S/C18H24N2OS.CH4O3S/c21-17(20-13-6-2-1-3-7-13)14-12-22-18-10-5-4-8-16(18)19-11-9-15(14)18;1-5(2,3)4/h4-5,8,11,13-15H,1-3,6-7,9-10,12H2,(H,20,21);1H3,(H,2,3,4). The topological polar surface area (TPSA) is 95.8 Å². The van der Waals surface area contributed by atoms with Gasteiger partial charge in [-0.1, -0.05) is 31.4 Å². The Kier molecular flexibility index (Phi) is 6.48. The fourth-order valence-electron chi connectivity index (χ4n) is 4.49. The summed E-state index contributed by atoms with van der Waals surface area (Å²) in [7, 11) is -3.67. The average molecular weight is 413 g/mol. The highest BCUT2D eigenvalue weighted by Crippen LogP contribution is 2.57. The summed E-state index contributed by atoms with van der Waals surface area (Å²) in [4.78, 5) is 17.5. The Morgan fingerprint density at radius 3 is 2.74 bits per heavy atom. The molecule has 0 aromatic heterocycles. The Bertz CT molecular complexity index is 746. The largest absolute Gasteiger partial charge is 0.353 e. The number of rotatable bonds is 2. The second kappa shape index (κ2) is 8.49. The van der Waals surface area contributed by atoms with Gasteiger partial charge in [0.15, 0.2) is 0 Å². The van der Waals surface area contributed by atoms with Gasteiger partial charge in [0.2, 0.25) is 5.91 Å². The Hall–Kier alpha value is -1.12. The third kappa shape index (κ3) is 5.03. The molecule has 4 rings (SSSR count). The van der Waals surface area contributed by atoms with Crippen LogP contribution in [0.5, 0.6) is 0 Å². The zero-order valence-electron chi connectivity index (χ0n) is 15.6. The van der Waals surface area contributed by atoms with Crippen molar-refractivity contribution in [1.82, 2.24) is 5.32 Å². The lowest BCUT2D eigenvalue weighted by atomic mass is 9.73. The van der Waals surface area contributed by atoms with Crippen LogP contribution < -0.4 is 5.32 Å². The molecule has 3 atom stereocenters. The second-order valence-corrected chi connectivity index (χ2v) is 10.5. The molecular formula is C19H28N2O4S2. The first kappa shape index (κ1) is 20.6. The summed E-state index contributed by atoms with van der Waals surface area (Å²) in [6, 6.07) is 0.418. The van der Waals surface area contributed by atoms with Crippen molar-refractivity contribution in [3.8, 4) is 0 Å². The van der Waals surface area contributed by atoms with Gasteiger partial charge in [0.05, 0.1) is 22.6 Å². The molecular weight excluding hydrogens is 384 g/mol. The van der Waals surface area contributed by atoms with Gasteiger partial charge in [0, 0.05) is 18.0 Å². The summed E-state index contributed by atoms with van der Waals surface area (Å²) in [5.74, 6) is 1.80. The minimum atomic E-state index is -3.67. The molecule has 2 fully saturated rings. The van der Waals surface area contributed by atoms with Crippen molar-refractivity contribution in [3.05, 3.63) is 23.9 Å².